The van der Waals surface area contributed by atoms with Crippen molar-refractivity contribution in [3.05, 3.63) is 30.3 Å². The van der Waals surface area contributed by atoms with Gasteiger partial charge in [-0.05, 0) is 32.4 Å². The summed E-state index contributed by atoms with van der Waals surface area (Å²) in [6.45, 7) is 6.18. The number of para-hydroxylation sites is 1. The van der Waals surface area contributed by atoms with Crippen molar-refractivity contribution < 1.29 is 19.1 Å². The number of amides is 1. The van der Waals surface area contributed by atoms with Crippen LogP contribution in [0.3, 0.4) is 0 Å². The number of carbonyl (C=O) groups is 2. The molecule has 0 saturated heterocycles. The van der Waals surface area contributed by atoms with Gasteiger partial charge in [-0.15, -0.1) is 0 Å². The predicted molar refractivity (Wildman–Crippen MR) is 81.3 cm³/mol. The van der Waals surface area contributed by atoms with E-state index in [4.69, 9.17) is 9.47 Å². The molecule has 0 aliphatic rings. The van der Waals surface area contributed by atoms with E-state index in [1.54, 1.807) is 13.8 Å². The standard InChI is InChI=1S/C16H23NO4/c1-4-11-21-15(18)12-13(3)17(16(19)20-5-2)14-9-7-6-8-10-14/h6-10,13H,4-5,11-12H2,1-3H3. The van der Waals surface area contributed by atoms with Gasteiger partial charge in [-0.2, -0.15) is 0 Å². The molecule has 21 heavy (non-hydrogen) atoms. The van der Waals surface area contributed by atoms with E-state index in [1.807, 2.05) is 37.3 Å². The average molecular weight is 293 g/mol. The minimum absolute atomic E-state index is 0.133. The van der Waals surface area contributed by atoms with Gasteiger partial charge in [0.15, 0.2) is 0 Å². The number of hydrogen-bond acceptors (Lipinski definition) is 4. The van der Waals surface area contributed by atoms with Crippen molar-refractivity contribution in [3.8, 4) is 0 Å². The normalized spacial score (nSPS) is 11.6. The highest BCUT2D eigenvalue weighted by atomic mass is 16.6. The van der Waals surface area contributed by atoms with Crippen LogP contribution in [-0.4, -0.2) is 31.3 Å². The van der Waals surface area contributed by atoms with E-state index in [0.29, 0.717) is 12.3 Å². The van der Waals surface area contributed by atoms with Gasteiger partial charge in [0.05, 0.1) is 19.6 Å². The Balaban J connectivity index is 2.81. The molecule has 1 atom stereocenters. The molecular weight excluding hydrogens is 270 g/mol. The molecule has 1 rings (SSSR count). The number of esters is 1. The van der Waals surface area contributed by atoms with E-state index in [0.717, 1.165) is 6.42 Å². The van der Waals surface area contributed by atoms with Crippen LogP contribution in [0.4, 0.5) is 10.5 Å². The Hall–Kier alpha value is -2.04. The molecule has 1 amide bonds. The molecule has 5 heteroatoms. The molecule has 0 bridgehead atoms. The van der Waals surface area contributed by atoms with Gasteiger partial charge < -0.3 is 9.47 Å². The first kappa shape index (κ1) is 17.0. The molecular formula is C16H23NO4. The highest BCUT2D eigenvalue weighted by molar-refractivity contribution is 5.89. The van der Waals surface area contributed by atoms with Gasteiger partial charge >= 0.3 is 12.1 Å². The summed E-state index contributed by atoms with van der Waals surface area (Å²) < 4.78 is 10.1. The molecule has 0 aromatic heterocycles. The van der Waals surface area contributed by atoms with Gasteiger partial charge in [0.2, 0.25) is 0 Å². The van der Waals surface area contributed by atoms with Crippen LogP contribution in [0.1, 0.15) is 33.6 Å². The van der Waals surface area contributed by atoms with Crippen molar-refractivity contribution >= 4 is 17.7 Å². The maximum atomic E-state index is 12.1. The molecule has 1 aromatic carbocycles. The van der Waals surface area contributed by atoms with E-state index in [-0.39, 0.29) is 25.0 Å². The Morgan fingerprint density at radius 3 is 2.38 bits per heavy atom. The lowest BCUT2D eigenvalue weighted by Gasteiger charge is -2.27. The van der Waals surface area contributed by atoms with Crippen molar-refractivity contribution in [2.24, 2.45) is 0 Å². The fraction of sp³-hybridized carbons (Fsp3) is 0.500. The summed E-state index contributed by atoms with van der Waals surface area (Å²) in [6.07, 6.45) is 0.452. The SMILES string of the molecule is CCCOC(=O)CC(C)N(C(=O)OCC)c1ccccc1. The van der Waals surface area contributed by atoms with E-state index < -0.39 is 6.09 Å². The molecule has 0 aliphatic carbocycles. The summed E-state index contributed by atoms with van der Waals surface area (Å²) in [5.74, 6) is -0.311. The molecule has 0 spiro atoms. The number of ether oxygens (including phenoxy) is 2. The van der Waals surface area contributed by atoms with Crippen molar-refractivity contribution in [3.63, 3.8) is 0 Å². The third-order valence-corrected chi connectivity index (χ3v) is 2.87. The molecule has 0 radical (unpaired) electrons. The van der Waals surface area contributed by atoms with Crippen molar-refractivity contribution in [1.29, 1.82) is 0 Å². The highest BCUT2D eigenvalue weighted by Crippen LogP contribution is 2.19. The minimum atomic E-state index is -0.459. The van der Waals surface area contributed by atoms with Crippen LogP contribution in [0.5, 0.6) is 0 Å². The van der Waals surface area contributed by atoms with Gasteiger partial charge in [0.25, 0.3) is 0 Å². The van der Waals surface area contributed by atoms with Crippen molar-refractivity contribution in [1.82, 2.24) is 0 Å². The lowest BCUT2D eigenvalue weighted by molar-refractivity contribution is -0.143. The molecule has 5 nitrogen and oxygen atoms in total. The Morgan fingerprint density at radius 2 is 1.81 bits per heavy atom. The topological polar surface area (TPSA) is 55.8 Å². The summed E-state index contributed by atoms with van der Waals surface area (Å²) in [4.78, 5) is 25.3. The van der Waals surface area contributed by atoms with E-state index in [1.165, 1.54) is 4.90 Å². The summed E-state index contributed by atoms with van der Waals surface area (Å²) >= 11 is 0. The van der Waals surface area contributed by atoms with Gasteiger partial charge in [-0.25, -0.2) is 4.79 Å². The van der Waals surface area contributed by atoms with Crippen LogP contribution in [-0.2, 0) is 14.3 Å². The quantitative estimate of drug-likeness (QED) is 0.723. The Morgan fingerprint density at radius 1 is 1.14 bits per heavy atom. The fourth-order valence-electron chi connectivity index (χ4n) is 1.93. The number of anilines is 1. The Labute approximate surface area is 125 Å². The number of carbonyl (C=O) groups excluding carboxylic acids is 2. The summed E-state index contributed by atoms with van der Waals surface area (Å²) in [5.41, 5.74) is 0.701. The highest BCUT2D eigenvalue weighted by Gasteiger charge is 2.25. The minimum Gasteiger partial charge on any atom is -0.466 e. The molecule has 0 fully saturated rings. The second kappa shape index (κ2) is 9.00. The summed E-state index contributed by atoms with van der Waals surface area (Å²) in [5, 5.41) is 0. The average Bonchev–Trinajstić information content (AvgIpc) is 2.46. The lowest BCUT2D eigenvalue weighted by atomic mass is 10.2. The number of rotatable bonds is 7. The van der Waals surface area contributed by atoms with Gasteiger partial charge in [0.1, 0.15) is 0 Å². The van der Waals surface area contributed by atoms with E-state index in [2.05, 4.69) is 0 Å². The number of benzene rings is 1. The predicted octanol–water partition coefficient (Wildman–Crippen LogP) is 3.38. The molecule has 0 N–H and O–H groups in total. The monoisotopic (exact) mass is 293 g/mol. The Bertz CT molecular complexity index is 447. The zero-order valence-electron chi connectivity index (χ0n) is 12.9. The maximum absolute atomic E-state index is 12.1. The molecule has 0 saturated carbocycles. The summed E-state index contributed by atoms with van der Waals surface area (Å²) in [6, 6.07) is 8.83. The second-order valence-electron chi connectivity index (χ2n) is 4.68. The van der Waals surface area contributed by atoms with Crippen LogP contribution in [0.25, 0.3) is 0 Å². The molecule has 1 unspecified atom stereocenters. The van der Waals surface area contributed by atoms with Gasteiger partial charge in [-0.1, -0.05) is 25.1 Å². The lowest BCUT2D eigenvalue weighted by Crippen LogP contribution is -2.40. The Kier molecular flexibility index (Phi) is 7.29. The van der Waals surface area contributed by atoms with Crippen LogP contribution < -0.4 is 4.90 Å². The number of hydrogen-bond donors (Lipinski definition) is 0. The third-order valence-electron chi connectivity index (χ3n) is 2.87. The first-order chi connectivity index (χ1) is 10.1. The van der Waals surface area contributed by atoms with Crippen molar-refractivity contribution in [2.75, 3.05) is 18.1 Å². The van der Waals surface area contributed by atoms with Gasteiger partial charge in [-0.3, -0.25) is 9.69 Å². The number of nitrogens with zero attached hydrogens (tertiary/aromatic N) is 1. The first-order valence-corrected chi connectivity index (χ1v) is 7.26. The maximum Gasteiger partial charge on any atom is 0.414 e. The zero-order valence-corrected chi connectivity index (χ0v) is 12.9. The van der Waals surface area contributed by atoms with Crippen LogP contribution in [0.2, 0.25) is 0 Å². The zero-order chi connectivity index (χ0) is 15.7. The molecule has 0 aliphatic heterocycles. The van der Waals surface area contributed by atoms with Crippen LogP contribution in [0.15, 0.2) is 30.3 Å². The van der Waals surface area contributed by atoms with E-state index in [9.17, 15) is 9.59 Å². The van der Waals surface area contributed by atoms with Crippen molar-refractivity contribution in [2.45, 2.75) is 39.7 Å². The smallest absolute Gasteiger partial charge is 0.414 e. The molecule has 0 heterocycles. The summed E-state index contributed by atoms with van der Waals surface area (Å²) in [7, 11) is 0. The molecule has 1 aromatic rings. The fourth-order valence-corrected chi connectivity index (χ4v) is 1.93. The van der Waals surface area contributed by atoms with E-state index >= 15 is 0 Å². The van der Waals surface area contributed by atoms with Crippen LogP contribution >= 0.6 is 0 Å². The van der Waals surface area contributed by atoms with Gasteiger partial charge in [0, 0.05) is 11.7 Å². The first-order valence-electron chi connectivity index (χ1n) is 7.26. The second-order valence-corrected chi connectivity index (χ2v) is 4.68. The third kappa shape index (κ3) is 5.45. The largest absolute Gasteiger partial charge is 0.466 e. The molecule has 116 valence electrons. The van der Waals surface area contributed by atoms with Crippen LogP contribution in [0, 0.1) is 0 Å².